The highest BCUT2D eigenvalue weighted by Crippen LogP contribution is 2.38. The van der Waals surface area contributed by atoms with Gasteiger partial charge >= 0.3 is 23.9 Å². The number of ether oxygens (including phenoxy) is 3. The molecule has 1 aliphatic heterocycles. The van der Waals surface area contributed by atoms with Crippen LogP contribution in [0.3, 0.4) is 0 Å². The topological polar surface area (TPSA) is 270 Å². The average Bonchev–Trinajstić information content (AvgIpc) is 4.02. The zero-order chi connectivity index (χ0) is 53.6. The zero-order valence-corrected chi connectivity index (χ0v) is 45.0. The van der Waals surface area contributed by atoms with Crippen LogP contribution in [0, 0.1) is 17.1 Å². The number of carboxylic acids is 1. The van der Waals surface area contributed by atoms with E-state index in [1.165, 1.54) is 18.3 Å². The van der Waals surface area contributed by atoms with Gasteiger partial charge in [-0.25, -0.2) is 13.8 Å². The zero-order valence-electron chi connectivity index (χ0n) is 39.3. The van der Waals surface area contributed by atoms with Gasteiger partial charge in [0, 0.05) is 88.4 Å². The number of alkyl carbamates (subject to hydrolysis) is 1. The minimum Gasteiger partial charge on any atom is -0.488 e. The second-order valence-corrected chi connectivity index (χ2v) is 20.1. The van der Waals surface area contributed by atoms with Crippen LogP contribution in [0.15, 0.2) is 116 Å². The van der Waals surface area contributed by atoms with Gasteiger partial charge < -0.3 is 41.0 Å². The highest BCUT2D eigenvalue weighted by atomic mass is 79.9. The molecule has 25 heteroatoms. The number of hydrogen-bond donors (Lipinski definition) is 7. The van der Waals surface area contributed by atoms with E-state index in [2.05, 4.69) is 104 Å². The summed E-state index contributed by atoms with van der Waals surface area (Å²) in [5.41, 5.74) is 10.3. The second kappa shape index (κ2) is 26.6. The fraction of sp³-hybridized carbons (Fsp3) is 0.260. The summed E-state index contributed by atoms with van der Waals surface area (Å²) in [5, 5.41) is 34.2. The Bertz CT molecular complexity index is 3120. The maximum Gasteiger partial charge on any atom is 0.407 e. The van der Waals surface area contributed by atoms with Gasteiger partial charge in [0.1, 0.15) is 48.7 Å². The van der Waals surface area contributed by atoms with E-state index in [4.69, 9.17) is 31.5 Å². The number of carbonyl (C=O) groups excluding carboxylic acids is 3. The lowest BCUT2D eigenvalue weighted by Crippen LogP contribution is -2.36. The van der Waals surface area contributed by atoms with Crippen molar-refractivity contribution in [2.24, 2.45) is 4.99 Å². The van der Waals surface area contributed by atoms with Gasteiger partial charge in [-0.2, -0.15) is 35.5 Å². The van der Waals surface area contributed by atoms with Gasteiger partial charge in [-0.3, -0.25) is 24.3 Å². The van der Waals surface area contributed by atoms with Gasteiger partial charge in [-0.1, -0.05) is 60.1 Å². The maximum atomic E-state index is 13.8. The number of halogens is 4. The number of amidine groups is 1. The first-order valence-corrected chi connectivity index (χ1v) is 25.8. The number of nitrogen functional groups attached to an aromatic ring is 1. The van der Waals surface area contributed by atoms with E-state index in [1.807, 2.05) is 48.5 Å². The molecule has 75 heavy (non-hydrogen) atoms. The summed E-state index contributed by atoms with van der Waals surface area (Å²) in [7, 11) is 0. The summed E-state index contributed by atoms with van der Waals surface area (Å²) in [6, 6.07) is 25.7. The lowest BCUT2D eigenvalue weighted by atomic mass is 10.0. The number of nitriles is 1. The number of pyridine rings is 1. The first kappa shape index (κ1) is 56.0. The Morgan fingerprint density at radius 3 is 2.40 bits per heavy atom. The lowest BCUT2D eigenvalue weighted by Gasteiger charge is -2.23. The van der Waals surface area contributed by atoms with Crippen LogP contribution in [-0.4, -0.2) is 97.3 Å². The Hall–Kier alpha value is -6.75. The molecule has 2 unspecified atom stereocenters. The molecule has 390 valence electrons. The van der Waals surface area contributed by atoms with Crippen molar-refractivity contribution in [2.45, 2.75) is 61.7 Å². The van der Waals surface area contributed by atoms with Crippen LogP contribution in [-0.2, 0) is 38.9 Å². The van der Waals surface area contributed by atoms with E-state index in [1.54, 1.807) is 29.3 Å². The van der Waals surface area contributed by atoms with Crippen molar-refractivity contribution in [2.75, 3.05) is 30.7 Å². The van der Waals surface area contributed by atoms with Crippen molar-refractivity contribution < 1.29 is 47.5 Å². The van der Waals surface area contributed by atoms with Crippen LogP contribution in [0.4, 0.5) is 20.7 Å². The molecule has 1 aliphatic rings. The molecule has 6 aromatic rings. The number of carboxylic acid groups (broad SMARTS) is 1. The number of benzene rings is 4. The fourth-order valence-electron chi connectivity index (χ4n) is 7.69. The predicted octanol–water partition coefficient (Wildman–Crippen LogP) is 8.39. The van der Waals surface area contributed by atoms with E-state index in [0.29, 0.717) is 34.6 Å². The molecular weight excluding hydrogens is 1160 g/mol. The Morgan fingerprint density at radius 1 is 0.947 bits per heavy atom. The standard InChI is InChI=1S/C50H46Br2ClFN10O9S2/c51-35-17-32(9-10-37(35)54)60-46(44-45(56)63-73-62-44)61-48(66)47(65)58-13-11-41(74)42(75)12-14-59-50(69)72-33-18-38(49(67)68)64(24-33)23-31-16-36(53)40(19-39(31)70-25-28-15-27(20-55)21-57-22-28)71-26-30-7-4-8-34(43(30)52)29-5-2-1-3-6-29/h1-10,15-17,19,21-22,33,38,41-42,74-75H,11-14,18,23-26H2,(H2,56,63)(H,58,65)(H,59,69)(H,67,68)(H,60,61,66)/t33-,38-,41?,42?/m0/s1. The Morgan fingerprint density at radius 2 is 1.69 bits per heavy atom. The number of likely N-dealkylation sites (tertiary alicyclic amines) is 1. The van der Waals surface area contributed by atoms with Gasteiger partial charge in [0.25, 0.3) is 0 Å². The lowest BCUT2D eigenvalue weighted by molar-refractivity contribution is -0.142. The summed E-state index contributed by atoms with van der Waals surface area (Å²) >= 11 is 22.9. The smallest absolute Gasteiger partial charge is 0.407 e. The SMILES string of the molecule is N#Cc1cncc(COc2cc(OCc3cccc(-c4ccccc4)c3Br)c(Cl)cc2CN2C[C@@H](OC(=O)NCCC(S)C(S)CCNC(=O)C(=O)/N=C(\Nc3ccc(F)c(Br)c3)c3nonc3N)C[C@H]2C(=O)O)c1. The molecular formula is C50H46Br2ClFN10O9S2. The predicted molar refractivity (Wildman–Crippen MR) is 289 cm³/mol. The van der Waals surface area contributed by atoms with Gasteiger partial charge in [0.05, 0.1) is 15.1 Å². The molecule has 3 heterocycles. The molecule has 3 amide bonds. The monoisotopic (exact) mass is 1210 g/mol. The minimum absolute atomic E-state index is 0.000392. The van der Waals surface area contributed by atoms with Crippen LogP contribution in [0.2, 0.25) is 5.02 Å². The van der Waals surface area contributed by atoms with Crippen molar-refractivity contribution in [3.8, 4) is 28.7 Å². The van der Waals surface area contributed by atoms with Crippen LogP contribution in [0.5, 0.6) is 11.5 Å². The number of nitrogens with two attached hydrogens (primary N) is 1. The largest absolute Gasteiger partial charge is 0.488 e. The third kappa shape index (κ3) is 15.4. The number of thiol groups is 2. The number of rotatable bonds is 20. The summed E-state index contributed by atoms with van der Waals surface area (Å²) in [6.07, 6.45) is 2.06. The quantitative estimate of drug-likeness (QED) is 0.0164. The molecule has 6 N–H and O–H groups in total. The maximum absolute atomic E-state index is 13.8. The molecule has 4 aromatic carbocycles. The van der Waals surface area contributed by atoms with Crippen LogP contribution >= 0.6 is 68.7 Å². The molecule has 0 aliphatic carbocycles. The molecule has 19 nitrogen and oxygen atoms in total. The Balaban J connectivity index is 0.915. The van der Waals surface area contributed by atoms with Crippen molar-refractivity contribution in [3.63, 3.8) is 0 Å². The molecule has 0 bridgehead atoms. The Labute approximate surface area is 461 Å². The third-order valence-electron chi connectivity index (χ3n) is 11.5. The number of aliphatic imine (C=N–C) groups is 1. The number of aromatic nitrogens is 3. The third-order valence-corrected chi connectivity index (χ3v) is 14.8. The number of nitrogens with one attached hydrogen (secondary N) is 3. The number of aliphatic carboxylic acids is 1. The summed E-state index contributed by atoms with van der Waals surface area (Å²) in [6.45, 7) is 0.422. The number of carbonyl (C=O) groups is 4. The summed E-state index contributed by atoms with van der Waals surface area (Å²) in [5.74, 6) is -3.74. The summed E-state index contributed by atoms with van der Waals surface area (Å²) in [4.78, 5) is 60.8. The van der Waals surface area contributed by atoms with Gasteiger partial charge in [-0.15, -0.1) is 0 Å². The minimum atomic E-state index is -1.20. The highest BCUT2D eigenvalue weighted by molar-refractivity contribution is 9.11. The van der Waals surface area contributed by atoms with E-state index >= 15 is 0 Å². The Kier molecular flexibility index (Phi) is 19.9. The molecule has 0 spiro atoms. The van der Waals surface area contributed by atoms with E-state index < -0.39 is 47.1 Å². The normalized spacial score (nSPS) is 15.3. The van der Waals surface area contributed by atoms with Crippen LogP contribution in [0.1, 0.15) is 47.2 Å². The molecule has 1 fully saturated rings. The van der Waals surface area contributed by atoms with Gasteiger partial charge in [-0.05, 0) is 96.5 Å². The molecule has 1 saturated heterocycles. The van der Waals surface area contributed by atoms with E-state index in [-0.39, 0.29) is 90.0 Å². The molecule has 0 radical (unpaired) electrons. The number of amides is 3. The molecule has 7 rings (SSSR count). The fourth-order valence-corrected chi connectivity index (χ4v) is 9.47. The average molecular weight is 1210 g/mol. The second-order valence-electron chi connectivity index (χ2n) is 16.8. The number of hydrogen-bond acceptors (Lipinski definition) is 16. The van der Waals surface area contributed by atoms with Crippen LogP contribution < -0.4 is 31.2 Å². The summed E-state index contributed by atoms with van der Waals surface area (Å²) < 4.78 is 37.7. The van der Waals surface area contributed by atoms with Gasteiger partial charge in [0.15, 0.2) is 17.3 Å². The van der Waals surface area contributed by atoms with Crippen LogP contribution in [0.25, 0.3) is 11.1 Å². The van der Waals surface area contributed by atoms with E-state index in [0.717, 1.165) is 27.2 Å². The van der Waals surface area contributed by atoms with Crippen molar-refractivity contribution in [1.82, 2.24) is 30.8 Å². The highest BCUT2D eigenvalue weighted by Gasteiger charge is 2.39. The number of anilines is 2. The van der Waals surface area contributed by atoms with E-state index in [9.17, 15) is 33.9 Å². The molecule has 4 atom stereocenters. The molecule has 2 aromatic heterocycles. The molecule has 0 saturated carbocycles. The van der Waals surface area contributed by atoms with Gasteiger partial charge in [0.2, 0.25) is 0 Å². The van der Waals surface area contributed by atoms with Crippen molar-refractivity contribution >= 4 is 110 Å². The van der Waals surface area contributed by atoms with Crippen molar-refractivity contribution in [1.29, 1.82) is 5.26 Å². The van der Waals surface area contributed by atoms with Crippen molar-refractivity contribution in [3.05, 3.63) is 145 Å². The number of nitrogens with zero attached hydrogens (tertiary/aromatic N) is 6. The first-order chi connectivity index (χ1) is 36.1. The first-order valence-electron chi connectivity index (χ1n) is 22.8.